The molecule has 0 bridgehead atoms. The van der Waals surface area contributed by atoms with Gasteiger partial charge in [-0.15, -0.1) is 5.01 Å². The molecule has 2 unspecified atom stereocenters. The Morgan fingerprint density at radius 3 is 2.27 bits per heavy atom. The molecule has 3 N–H and O–H groups in total. The number of hydrogen-bond donors (Lipinski definition) is 2. The molecule has 3 nitrogen and oxygen atoms in total. The van der Waals surface area contributed by atoms with Crippen molar-refractivity contribution in [1.82, 2.24) is 10.4 Å². The van der Waals surface area contributed by atoms with E-state index >= 15 is 0 Å². The van der Waals surface area contributed by atoms with Gasteiger partial charge in [0.25, 0.3) is 0 Å². The number of alkyl halides is 3. The summed E-state index contributed by atoms with van der Waals surface area (Å²) in [6.45, 7) is 1.95. The largest absolute Gasteiger partial charge is 0.474 e. The molecule has 0 radical (unpaired) electrons. The molecule has 0 aromatic carbocycles. The van der Waals surface area contributed by atoms with Crippen LogP contribution in [0.4, 0.5) is 13.2 Å². The van der Waals surface area contributed by atoms with Crippen molar-refractivity contribution >= 4 is 0 Å². The van der Waals surface area contributed by atoms with Gasteiger partial charge in [0.15, 0.2) is 0 Å². The van der Waals surface area contributed by atoms with Crippen molar-refractivity contribution in [2.75, 3.05) is 6.54 Å². The molecule has 0 aromatic rings. The van der Waals surface area contributed by atoms with Crippen molar-refractivity contribution in [3.8, 4) is 0 Å². The third kappa shape index (κ3) is 1.63. The highest BCUT2D eigenvalue weighted by molar-refractivity contribution is 4.78. The first-order valence-electron chi connectivity index (χ1n) is 3.28. The summed E-state index contributed by atoms with van der Waals surface area (Å²) < 4.78 is 35.9. The lowest BCUT2D eigenvalue weighted by molar-refractivity contribution is -0.267. The molecule has 0 saturated carbocycles. The van der Waals surface area contributed by atoms with Crippen LogP contribution in [0.25, 0.3) is 0 Å². The molecule has 0 aliphatic carbocycles. The number of hydrazine groups is 1. The molecule has 1 aliphatic heterocycles. The fourth-order valence-electron chi connectivity index (χ4n) is 0.982. The Kier molecular flexibility index (Phi) is 2.08. The maximum atomic E-state index is 12.0. The number of nitrogens with one attached hydrogen (secondary N) is 1. The summed E-state index contributed by atoms with van der Waals surface area (Å²) in [4.78, 5) is 0. The highest BCUT2D eigenvalue weighted by Gasteiger charge is 2.46. The topological polar surface area (TPSA) is 41.3 Å². The minimum absolute atomic E-state index is 0.137. The fourth-order valence-corrected chi connectivity index (χ4v) is 0.982. The quantitative estimate of drug-likeness (QED) is 0.510. The van der Waals surface area contributed by atoms with E-state index in [1.165, 1.54) is 0 Å². The Morgan fingerprint density at radius 2 is 2.09 bits per heavy atom. The van der Waals surface area contributed by atoms with E-state index in [1.54, 1.807) is 6.92 Å². The van der Waals surface area contributed by atoms with Crippen LogP contribution in [0.5, 0.6) is 0 Å². The SMILES string of the molecule is CC1CNN(C(F)(F)F)C1N. The molecule has 2 atom stereocenters. The Balaban J connectivity index is 2.62. The molecule has 1 fully saturated rings. The molecule has 0 spiro atoms. The lowest BCUT2D eigenvalue weighted by Gasteiger charge is -2.23. The summed E-state index contributed by atoms with van der Waals surface area (Å²) in [5, 5.41) is 0.137. The van der Waals surface area contributed by atoms with Crippen LogP contribution in [0.15, 0.2) is 0 Å². The second-order valence-corrected chi connectivity index (χ2v) is 2.67. The van der Waals surface area contributed by atoms with E-state index in [0.717, 1.165) is 0 Å². The van der Waals surface area contributed by atoms with Crippen molar-refractivity contribution in [3.05, 3.63) is 0 Å². The maximum Gasteiger partial charge on any atom is 0.474 e. The predicted molar refractivity (Wildman–Crippen MR) is 33.0 cm³/mol. The zero-order valence-corrected chi connectivity index (χ0v) is 6.02. The van der Waals surface area contributed by atoms with Crippen molar-refractivity contribution in [3.63, 3.8) is 0 Å². The van der Waals surface area contributed by atoms with E-state index in [1.807, 2.05) is 0 Å². The van der Waals surface area contributed by atoms with Crippen LogP contribution in [-0.4, -0.2) is 24.0 Å². The molecule has 11 heavy (non-hydrogen) atoms. The lowest BCUT2D eigenvalue weighted by atomic mass is 10.1. The van der Waals surface area contributed by atoms with Crippen LogP contribution >= 0.6 is 0 Å². The summed E-state index contributed by atoms with van der Waals surface area (Å²) in [6, 6.07) is 0. The second-order valence-electron chi connectivity index (χ2n) is 2.67. The molecule has 0 aromatic heterocycles. The number of rotatable bonds is 0. The molecule has 1 aliphatic rings. The second kappa shape index (κ2) is 2.62. The first-order chi connectivity index (χ1) is 4.93. The first-order valence-corrected chi connectivity index (χ1v) is 3.28. The van der Waals surface area contributed by atoms with Gasteiger partial charge in [-0.25, -0.2) is 5.43 Å². The van der Waals surface area contributed by atoms with Gasteiger partial charge in [-0.05, 0) is 5.92 Å². The van der Waals surface area contributed by atoms with Crippen molar-refractivity contribution in [2.24, 2.45) is 11.7 Å². The Labute approximate surface area is 62.3 Å². The summed E-state index contributed by atoms with van der Waals surface area (Å²) in [5.74, 6) is -0.170. The minimum atomic E-state index is -4.37. The van der Waals surface area contributed by atoms with Gasteiger partial charge in [-0.2, -0.15) is 13.2 Å². The van der Waals surface area contributed by atoms with Gasteiger partial charge < -0.3 is 5.73 Å². The molecule has 1 heterocycles. The number of hydrogen-bond acceptors (Lipinski definition) is 3. The molecule has 66 valence electrons. The molecule has 6 heteroatoms. The minimum Gasteiger partial charge on any atom is -0.314 e. The van der Waals surface area contributed by atoms with E-state index in [0.29, 0.717) is 0 Å². The van der Waals surface area contributed by atoms with E-state index in [2.05, 4.69) is 5.43 Å². The van der Waals surface area contributed by atoms with E-state index in [-0.39, 0.29) is 17.5 Å². The predicted octanol–water partition coefficient (Wildman–Crippen LogP) is 0.247. The molecule has 1 saturated heterocycles. The molecule has 1 rings (SSSR count). The van der Waals surface area contributed by atoms with Crippen LogP contribution in [0.1, 0.15) is 6.92 Å². The van der Waals surface area contributed by atoms with Crippen LogP contribution in [-0.2, 0) is 0 Å². The molecular formula is C5H10F3N3. The Morgan fingerprint density at radius 1 is 1.55 bits per heavy atom. The monoisotopic (exact) mass is 169 g/mol. The van der Waals surface area contributed by atoms with Crippen LogP contribution in [0.2, 0.25) is 0 Å². The van der Waals surface area contributed by atoms with Gasteiger partial charge in [-0.1, -0.05) is 6.92 Å². The van der Waals surface area contributed by atoms with Gasteiger partial charge in [-0.3, -0.25) is 0 Å². The van der Waals surface area contributed by atoms with Crippen LogP contribution < -0.4 is 11.2 Å². The zero-order valence-electron chi connectivity index (χ0n) is 6.02. The first kappa shape index (κ1) is 8.76. The fraction of sp³-hybridized carbons (Fsp3) is 1.00. The van der Waals surface area contributed by atoms with Gasteiger partial charge in [0, 0.05) is 6.54 Å². The average molecular weight is 169 g/mol. The van der Waals surface area contributed by atoms with Crippen molar-refractivity contribution in [1.29, 1.82) is 0 Å². The lowest BCUT2D eigenvalue weighted by Crippen LogP contribution is -2.52. The van der Waals surface area contributed by atoms with Crippen LogP contribution in [0.3, 0.4) is 0 Å². The number of nitrogens with zero attached hydrogens (tertiary/aromatic N) is 1. The van der Waals surface area contributed by atoms with Gasteiger partial charge in [0.2, 0.25) is 0 Å². The highest BCUT2D eigenvalue weighted by Crippen LogP contribution is 2.25. The number of halogens is 3. The van der Waals surface area contributed by atoms with Gasteiger partial charge in [0.1, 0.15) is 0 Å². The third-order valence-corrected chi connectivity index (χ3v) is 1.74. The van der Waals surface area contributed by atoms with Gasteiger partial charge in [0.05, 0.1) is 6.17 Å². The standard InChI is InChI=1S/C5H10F3N3/c1-3-2-10-11(4(3)9)5(6,7)8/h3-4,10H,2,9H2,1H3. The normalized spacial score (nSPS) is 34.6. The summed E-state index contributed by atoms with van der Waals surface area (Å²) in [6.07, 6.45) is -5.33. The Hall–Kier alpha value is -0.330. The summed E-state index contributed by atoms with van der Waals surface area (Å²) >= 11 is 0. The highest BCUT2D eigenvalue weighted by atomic mass is 19.4. The molecular weight excluding hydrogens is 159 g/mol. The summed E-state index contributed by atoms with van der Waals surface area (Å²) in [5.41, 5.74) is 7.43. The van der Waals surface area contributed by atoms with E-state index in [9.17, 15) is 13.2 Å². The average Bonchev–Trinajstić information content (AvgIpc) is 2.11. The van der Waals surface area contributed by atoms with E-state index in [4.69, 9.17) is 5.73 Å². The van der Waals surface area contributed by atoms with Crippen molar-refractivity contribution < 1.29 is 13.2 Å². The van der Waals surface area contributed by atoms with Crippen molar-refractivity contribution in [2.45, 2.75) is 19.4 Å². The zero-order chi connectivity index (χ0) is 8.65. The van der Waals surface area contributed by atoms with E-state index < -0.39 is 12.5 Å². The maximum absolute atomic E-state index is 12.0. The van der Waals surface area contributed by atoms with Gasteiger partial charge >= 0.3 is 6.30 Å². The van der Waals surface area contributed by atoms with Crippen LogP contribution in [0, 0.1) is 5.92 Å². The third-order valence-electron chi connectivity index (χ3n) is 1.74. The molecule has 0 amide bonds. The Bertz CT molecular complexity index is 146. The smallest absolute Gasteiger partial charge is 0.314 e. The number of nitrogens with two attached hydrogens (primary N) is 1. The summed E-state index contributed by atoms with van der Waals surface area (Å²) in [7, 11) is 0.